The van der Waals surface area contributed by atoms with Crippen LogP contribution in [0.1, 0.15) is 31.9 Å². The molecule has 4 aliphatic rings. The smallest absolute Gasteiger partial charge is 0.410 e. The second-order valence-corrected chi connectivity index (χ2v) is 14.2. The summed E-state index contributed by atoms with van der Waals surface area (Å²) in [5, 5.41) is 19.6. The zero-order valence-electron chi connectivity index (χ0n) is 28.3. The van der Waals surface area contributed by atoms with E-state index in [0.717, 1.165) is 44.9 Å². The lowest BCUT2D eigenvalue weighted by molar-refractivity contribution is -0.0876. The second kappa shape index (κ2) is 11.9. The van der Waals surface area contributed by atoms with E-state index in [4.69, 9.17) is 40.4 Å². The van der Waals surface area contributed by atoms with Crippen molar-refractivity contribution < 1.29 is 43.5 Å². The fourth-order valence-electron chi connectivity index (χ4n) is 6.88. The lowest BCUT2D eigenvalue weighted by Crippen LogP contribution is -2.65. The zero-order valence-corrected chi connectivity index (χ0v) is 29.0. The molecule has 12 heteroatoms. The fourth-order valence-corrected chi connectivity index (χ4v) is 7.04. The Morgan fingerprint density at radius 2 is 1.20 bits per heavy atom. The Hall–Kier alpha value is -5.29. The predicted octanol–water partition coefficient (Wildman–Crippen LogP) is 7.50. The van der Waals surface area contributed by atoms with Crippen LogP contribution in [0.2, 0.25) is 5.02 Å². The van der Waals surface area contributed by atoms with Crippen LogP contribution in [0.3, 0.4) is 0 Å². The summed E-state index contributed by atoms with van der Waals surface area (Å²) >= 11 is 6.08. The highest BCUT2D eigenvalue weighted by molar-refractivity contribution is 6.30. The summed E-state index contributed by atoms with van der Waals surface area (Å²) in [5.74, 6) is 2.88. The van der Waals surface area contributed by atoms with Crippen molar-refractivity contribution in [2.45, 2.75) is 37.6 Å². The number of carbonyl (C=O) groups is 2. The average Bonchev–Trinajstić information content (AvgIpc) is 3.03. The van der Waals surface area contributed by atoms with Gasteiger partial charge in [0.05, 0.1) is 40.4 Å². The van der Waals surface area contributed by atoms with E-state index in [1.165, 1.54) is 4.90 Å². The van der Waals surface area contributed by atoms with Crippen LogP contribution in [0, 0.1) is 0 Å². The minimum absolute atomic E-state index is 0.143. The first-order valence-electron chi connectivity index (χ1n) is 16.1. The Bertz CT molecular complexity index is 2010. The molecule has 0 radical (unpaired) electrons. The van der Waals surface area contributed by atoms with Crippen molar-refractivity contribution >= 4 is 23.8 Å². The number of phenolic OH excluding ortho intramolecular Hbond substituents is 1. The Morgan fingerprint density at radius 3 is 1.70 bits per heavy atom. The summed E-state index contributed by atoms with van der Waals surface area (Å²) in [6.45, 7) is 6.85. The number of nitrogens with zero attached hydrogens (tertiary/aromatic N) is 2. The van der Waals surface area contributed by atoms with Crippen LogP contribution in [-0.4, -0.2) is 78.2 Å². The summed E-state index contributed by atoms with van der Waals surface area (Å²) in [6.07, 6.45) is -1.30. The van der Waals surface area contributed by atoms with E-state index in [2.05, 4.69) is 0 Å². The van der Waals surface area contributed by atoms with Crippen LogP contribution in [0.15, 0.2) is 72.8 Å². The molecule has 8 rings (SSSR count). The molecule has 0 saturated carbocycles. The molecule has 2 fully saturated rings. The van der Waals surface area contributed by atoms with Gasteiger partial charge in [0, 0.05) is 33.3 Å². The molecule has 0 bridgehead atoms. The van der Waals surface area contributed by atoms with E-state index in [0.29, 0.717) is 29.6 Å². The number of amides is 2. The molecule has 4 heterocycles. The number of phenols is 1. The maximum absolute atomic E-state index is 12.4. The molecule has 0 aromatic heterocycles. The van der Waals surface area contributed by atoms with Crippen LogP contribution in [0.5, 0.6) is 28.7 Å². The largest absolute Gasteiger partial charge is 0.508 e. The summed E-state index contributed by atoms with van der Waals surface area (Å²) in [6, 6.07) is 22.2. The summed E-state index contributed by atoms with van der Waals surface area (Å²) < 4.78 is 28.7. The number of hydrogen-bond donors (Lipinski definition) is 2. The third kappa shape index (κ3) is 5.75. The van der Waals surface area contributed by atoms with Gasteiger partial charge in [-0.05, 0) is 86.5 Å². The average molecular weight is 701 g/mol. The van der Waals surface area contributed by atoms with Gasteiger partial charge in [0.1, 0.15) is 34.3 Å². The van der Waals surface area contributed by atoms with Crippen LogP contribution in [0.4, 0.5) is 9.59 Å². The van der Waals surface area contributed by atoms with E-state index in [9.17, 15) is 14.7 Å². The van der Waals surface area contributed by atoms with E-state index < -0.39 is 22.9 Å². The number of fused-ring (bicyclic) bond motifs is 8. The lowest BCUT2D eigenvalue weighted by atomic mass is 9.79. The van der Waals surface area contributed by atoms with Crippen LogP contribution < -0.4 is 18.9 Å². The molecule has 50 heavy (non-hydrogen) atoms. The molecule has 2 spiro atoms. The first kappa shape index (κ1) is 33.2. The Labute approximate surface area is 294 Å². The zero-order chi connectivity index (χ0) is 35.6. The Balaban J connectivity index is 0.000000159. The number of methoxy groups -OCH3 is 2. The quantitative estimate of drug-likeness (QED) is 0.219. The number of rotatable bonds is 2. The van der Waals surface area contributed by atoms with Gasteiger partial charge in [-0.25, -0.2) is 9.59 Å². The maximum atomic E-state index is 12.4. The fraction of sp³-hybridized carbons (Fsp3) is 0.316. The Kier molecular flexibility index (Phi) is 7.93. The van der Waals surface area contributed by atoms with Crippen LogP contribution in [-0.2, 0) is 15.9 Å². The number of carbonyl (C=O) groups excluding carboxylic acids is 1. The minimum Gasteiger partial charge on any atom is -0.508 e. The van der Waals surface area contributed by atoms with Gasteiger partial charge in [-0.1, -0.05) is 23.7 Å². The minimum atomic E-state index is -0.944. The predicted molar refractivity (Wildman–Crippen MR) is 186 cm³/mol. The van der Waals surface area contributed by atoms with Gasteiger partial charge in [-0.2, -0.15) is 0 Å². The third-order valence-electron chi connectivity index (χ3n) is 9.24. The molecule has 0 aliphatic carbocycles. The molecule has 11 nitrogen and oxygen atoms in total. The molecule has 0 atom stereocenters. The maximum Gasteiger partial charge on any atom is 0.410 e. The van der Waals surface area contributed by atoms with Crippen molar-refractivity contribution in [1.29, 1.82) is 0 Å². The first-order chi connectivity index (χ1) is 23.7. The number of ether oxygens (including phenoxy) is 5. The highest BCUT2D eigenvalue weighted by Crippen LogP contribution is 2.52. The van der Waals surface area contributed by atoms with Gasteiger partial charge < -0.3 is 33.9 Å². The van der Waals surface area contributed by atoms with Crippen molar-refractivity contribution in [1.82, 2.24) is 9.80 Å². The molecule has 2 amide bonds. The molecule has 4 aromatic carbocycles. The number of likely N-dealkylation sites (tertiary alicyclic amines) is 2. The molecular weight excluding hydrogens is 664 g/mol. The highest BCUT2D eigenvalue weighted by Gasteiger charge is 2.54. The van der Waals surface area contributed by atoms with Gasteiger partial charge in [-0.3, -0.25) is 9.80 Å². The van der Waals surface area contributed by atoms with Gasteiger partial charge in [0.15, 0.2) is 11.2 Å². The standard InChI is InChI=1S/C21H23NO5.C17H14ClNO4/c1-20(2,3)27-19(24)22-11-21(12-22)17-10-14(25-4)6-8-15(17)16-7-5-13(23)9-18(16)26-21;1-22-11-3-5-12-13-4-2-10(18)6-15(13)23-17(14(12)7-11)8-19(9-17)16(20)21/h5-10,23H,11-12H2,1-4H3;2-7H,8-9H2,1H3,(H,20,21). The highest BCUT2D eigenvalue weighted by atomic mass is 35.5. The van der Waals surface area contributed by atoms with E-state index in [1.54, 1.807) is 37.3 Å². The number of hydrogen-bond acceptors (Lipinski definition) is 8. The normalized spacial score (nSPS) is 16.8. The number of aromatic hydroxyl groups is 1. The molecule has 0 unspecified atom stereocenters. The first-order valence-corrected chi connectivity index (χ1v) is 16.5. The van der Waals surface area contributed by atoms with E-state index >= 15 is 0 Å². The van der Waals surface area contributed by atoms with Crippen molar-refractivity contribution in [3.63, 3.8) is 0 Å². The monoisotopic (exact) mass is 700 g/mol. The molecule has 4 aliphatic heterocycles. The summed E-state index contributed by atoms with van der Waals surface area (Å²) in [5.41, 5.74) is 3.91. The van der Waals surface area contributed by atoms with Gasteiger partial charge in [-0.15, -0.1) is 0 Å². The topological polar surface area (TPSA) is 127 Å². The van der Waals surface area contributed by atoms with Gasteiger partial charge >= 0.3 is 12.2 Å². The second-order valence-electron chi connectivity index (χ2n) is 13.8. The van der Waals surface area contributed by atoms with Crippen molar-refractivity contribution in [2.24, 2.45) is 0 Å². The molecule has 2 N–H and O–H groups in total. The molecule has 260 valence electrons. The SMILES string of the molecule is COc1ccc2c(c1)C1(CN(C(=O)O)C1)Oc1cc(Cl)ccc1-2.COc1ccc2c(c1)C1(CN(C(=O)OC(C)(C)C)C1)Oc1cc(O)ccc1-2. The molecule has 2 saturated heterocycles. The van der Waals surface area contributed by atoms with Crippen LogP contribution >= 0.6 is 11.6 Å². The summed E-state index contributed by atoms with van der Waals surface area (Å²) in [4.78, 5) is 26.5. The van der Waals surface area contributed by atoms with Crippen molar-refractivity contribution in [3.8, 4) is 51.0 Å². The number of halogens is 1. The van der Waals surface area contributed by atoms with Gasteiger partial charge in [0.25, 0.3) is 0 Å². The molecule has 4 aromatic rings. The lowest BCUT2D eigenvalue weighted by Gasteiger charge is -2.52. The summed E-state index contributed by atoms with van der Waals surface area (Å²) in [7, 11) is 3.23. The van der Waals surface area contributed by atoms with Crippen molar-refractivity contribution in [2.75, 3.05) is 40.4 Å². The number of benzene rings is 4. The molecular formula is C38H37ClN2O9. The van der Waals surface area contributed by atoms with Gasteiger partial charge in [0.2, 0.25) is 0 Å². The van der Waals surface area contributed by atoms with Crippen molar-refractivity contribution in [3.05, 3.63) is 88.9 Å². The Morgan fingerprint density at radius 1 is 0.720 bits per heavy atom. The number of carboxylic acid groups (broad SMARTS) is 1. The van der Waals surface area contributed by atoms with Crippen LogP contribution in [0.25, 0.3) is 22.3 Å². The van der Waals surface area contributed by atoms with E-state index in [-0.39, 0.29) is 24.9 Å². The van der Waals surface area contributed by atoms with E-state index in [1.807, 2.05) is 75.4 Å². The third-order valence-corrected chi connectivity index (χ3v) is 9.48.